The molecule has 2 N–H and O–H groups in total. The number of rotatable bonds is 5. The molecule has 1 saturated carbocycles. The summed E-state index contributed by atoms with van der Waals surface area (Å²) in [6.07, 6.45) is 8.19. The highest BCUT2D eigenvalue weighted by Crippen LogP contribution is 2.41. The van der Waals surface area contributed by atoms with E-state index in [0.717, 1.165) is 30.7 Å². The van der Waals surface area contributed by atoms with Crippen molar-refractivity contribution in [3.8, 4) is 11.8 Å². The van der Waals surface area contributed by atoms with Gasteiger partial charge in [0.2, 0.25) is 0 Å². The van der Waals surface area contributed by atoms with Gasteiger partial charge in [0, 0.05) is 6.04 Å². The fraction of sp³-hybridized carbons (Fsp3) is 0.435. The first-order valence-corrected chi connectivity index (χ1v) is 12.7. The number of halogens is 3. The molecule has 0 atom stereocenters. The van der Waals surface area contributed by atoms with Gasteiger partial charge in [0.1, 0.15) is 16.4 Å². The zero-order valence-corrected chi connectivity index (χ0v) is 20.2. The first kappa shape index (κ1) is 24.4. The van der Waals surface area contributed by atoms with E-state index in [4.69, 9.17) is 0 Å². The van der Waals surface area contributed by atoms with Gasteiger partial charge in [-0.05, 0) is 49.6 Å². The third-order valence-corrected chi connectivity index (χ3v) is 7.18. The molecule has 0 aliphatic heterocycles. The molecule has 1 aliphatic rings. The minimum atomic E-state index is -4.48. The Balaban J connectivity index is 1.58. The van der Waals surface area contributed by atoms with Crippen molar-refractivity contribution in [2.45, 2.75) is 61.9 Å². The lowest BCUT2D eigenvalue weighted by Gasteiger charge is -2.18. The van der Waals surface area contributed by atoms with Crippen molar-refractivity contribution in [1.29, 1.82) is 0 Å². The molecule has 34 heavy (non-hydrogen) atoms. The number of aromatic nitrogens is 3. The average molecular weight is 508 g/mol. The van der Waals surface area contributed by atoms with Crippen LogP contribution in [0.1, 0.15) is 58.9 Å². The SMILES string of the molecule is Cc1ncc(C(=O)NCC#Cc2nn3c(NC4CCCCCC4)cccc3c2SC(F)(F)F)s1. The van der Waals surface area contributed by atoms with Crippen LogP contribution in [0.3, 0.4) is 0 Å². The summed E-state index contributed by atoms with van der Waals surface area (Å²) in [6, 6.07) is 5.42. The summed E-state index contributed by atoms with van der Waals surface area (Å²) >= 11 is 1.03. The second kappa shape index (κ2) is 10.7. The van der Waals surface area contributed by atoms with Gasteiger partial charge in [-0.3, -0.25) is 4.79 Å². The van der Waals surface area contributed by atoms with Gasteiger partial charge in [0.15, 0.2) is 0 Å². The number of alkyl halides is 3. The Labute approximate surface area is 203 Å². The van der Waals surface area contributed by atoms with Crippen LogP contribution in [0, 0.1) is 18.8 Å². The Morgan fingerprint density at radius 1 is 1.26 bits per heavy atom. The minimum Gasteiger partial charge on any atom is -0.367 e. The van der Waals surface area contributed by atoms with Gasteiger partial charge in [0.05, 0.1) is 28.2 Å². The van der Waals surface area contributed by atoms with E-state index in [2.05, 4.69) is 32.6 Å². The predicted molar refractivity (Wildman–Crippen MR) is 128 cm³/mol. The Kier molecular flexibility index (Phi) is 7.68. The summed E-state index contributed by atoms with van der Waals surface area (Å²) in [7, 11) is 0. The van der Waals surface area contributed by atoms with Gasteiger partial charge in [-0.1, -0.05) is 37.7 Å². The van der Waals surface area contributed by atoms with E-state index in [1.807, 2.05) is 6.07 Å². The van der Waals surface area contributed by atoms with Gasteiger partial charge in [-0.15, -0.1) is 11.3 Å². The maximum Gasteiger partial charge on any atom is 0.446 e. The molecule has 3 aromatic heterocycles. The summed E-state index contributed by atoms with van der Waals surface area (Å²) in [6.45, 7) is 1.77. The number of thioether (sulfide) groups is 1. The van der Waals surface area contributed by atoms with Crippen LogP contribution in [-0.4, -0.2) is 38.6 Å². The summed E-state index contributed by atoms with van der Waals surface area (Å²) in [5.74, 6) is 5.78. The molecule has 0 unspecified atom stereocenters. The summed E-state index contributed by atoms with van der Waals surface area (Å²) in [5.41, 5.74) is -4.11. The lowest BCUT2D eigenvalue weighted by atomic mass is 10.1. The molecule has 0 saturated heterocycles. The molecule has 3 aromatic rings. The van der Waals surface area contributed by atoms with Gasteiger partial charge in [0.25, 0.3) is 5.91 Å². The van der Waals surface area contributed by atoms with Gasteiger partial charge >= 0.3 is 5.51 Å². The Morgan fingerprint density at radius 2 is 2.03 bits per heavy atom. The lowest BCUT2D eigenvalue weighted by Crippen LogP contribution is -2.22. The van der Waals surface area contributed by atoms with Gasteiger partial charge < -0.3 is 10.6 Å². The number of pyridine rings is 1. The van der Waals surface area contributed by atoms with E-state index in [1.54, 1.807) is 19.1 Å². The van der Waals surface area contributed by atoms with E-state index in [-0.39, 0.29) is 40.8 Å². The van der Waals surface area contributed by atoms with E-state index < -0.39 is 5.51 Å². The van der Waals surface area contributed by atoms with Crippen LogP contribution in [-0.2, 0) is 0 Å². The van der Waals surface area contributed by atoms with Crippen molar-refractivity contribution in [1.82, 2.24) is 19.9 Å². The lowest BCUT2D eigenvalue weighted by molar-refractivity contribution is -0.0327. The number of nitrogens with one attached hydrogen (secondary N) is 2. The Morgan fingerprint density at radius 3 is 2.71 bits per heavy atom. The maximum absolute atomic E-state index is 13.3. The molecule has 1 fully saturated rings. The fourth-order valence-electron chi connectivity index (χ4n) is 3.89. The molecule has 1 amide bonds. The van der Waals surface area contributed by atoms with Crippen molar-refractivity contribution >= 4 is 40.3 Å². The molecular weight excluding hydrogens is 483 g/mol. The van der Waals surface area contributed by atoms with E-state index in [9.17, 15) is 18.0 Å². The molecule has 1 aliphatic carbocycles. The smallest absolute Gasteiger partial charge is 0.367 e. The maximum atomic E-state index is 13.3. The number of hydrogen-bond acceptors (Lipinski definition) is 6. The van der Waals surface area contributed by atoms with Crippen LogP contribution < -0.4 is 10.6 Å². The first-order chi connectivity index (χ1) is 16.3. The van der Waals surface area contributed by atoms with Crippen LogP contribution in [0.15, 0.2) is 29.3 Å². The Bertz CT molecular complexity index is 1220. The number of fused-ring (bicyclic) bond motifs is 1. The van der Waals surface area contributed by atoms with Crippen LogP contribution in [0.4, 0.5) is 19.0 Å². The number of amides is 1. The van der Waals surface area contributed by atoms with Crippen LogP contribution in [0.25, 0.3) is 5.52 Å². The Hall–Kier alpha value is -2.71. The molecule has 11 heteroatoms. The molecular formula is C23H24F3N5OS2. The third-order valence-electron chi connectivity index (χ3n) is 5.43. The zero-order valence-electron chi connectivity index (χ0n) is 18.5. The quantitative estimate of drug-likeness (QED) is 0.266. The number of nitrogens with zero attached hydrogens (tertiary/aromatic N) is 3. The molecule has 0 aromatic carbocycles. The first-order valence-electron chi connectivity index (χ1n) is 11.0. The zero-order chi connectivity index (χ0) is 24.1. The molecule has 6 nitrogen and oxygen atoms in total. The highest BCUT2D eigenvalue weighted by atomic mass is 32.2. The molecule has 180 valence electrons. The minimum absolute atomic E-state index is 0.0209. The standard InChI is InChI=1S/C23H24F3N5OS2/c1-15-28-14-19(33-15)22(32)27-13-7-10-17-21(34-23(24,25)26)18-11-6-12-20(31(18)30-17)29-16-8-4-2-3-5-9-16/h6,11-12,14,16,29H,2-5,8-9,13H2,1H3,(H,27,32). The highest BCUT2D eigenvalue weighted by molar-refractivity contribution is 8.00. The number of carbonyl (C=O) groups is 1. The van der Waals surface area contributed by atoms with E-state index >= 15 is 0 Å². The third kappa shape index (κ3) is 6.24. The van der Waals surface area contributed by atoms with Crippen LogP contribution >= 0.6 is 23.1 Å². The summed E-state index contributed by atoms with van der Waals surface area (Å²) < 4.78 is 41.5. The highest BCUT2D eigenvalue weighted by Gasteiger charge is 2.33. The van der Waals surface area contributed by atoms with Crippen molar-refractivity contribution in [3.63, 3.8) is 0 Å². The van der Waals surface area contributed by atoms with Gasteiger partial charge in [-0.2, -0.15) is 18.3 Å². The number of carbonyl (C=O) groups excluding carboxylic acids is 1. The average Bonchev–Trinajstić information content (AvgIpc) is 3.26. The second-order valence-electron chi connectivity index (χ2n) is 7.99. The summed E-state index contributed by atoms with van der Waals surface area (Å²) in [5, 5.41) is 11.3. The molecule has 0 spiro atoms. The number of aryl methyl sites for hydroxylation is 1. The second-order valence-corrected chi connectivity index (χ2v) is 10.3. The van der Waals surface area contributed by atoms with Crippen molar-refractivity contribution in [3.05, 3.63) is 40.0 Å². The van der Waals surface area contributed by atoms with E-state index in [0.29, 0.717) is 16.2 Å². The number of anilines is 1. The molecule has 0 bridgehead atoms. The van der Waals surface area contributed by atoms with Crippen molar-refractivity contribution in [2.24, 2.45) is 0 Å². The number of hydrogen-bond donors (Lipinski definition) is 2. The van der Waals surface area contributed by atoms with E-state index in [1.165, 1.54) is 34.9 Å². The fourth-order valence-corrected chi connectivity index (χ4v) is 5.27. The molecule has 0 radical (unpaired) electrons. The normalized spacial score (nSPS) is 14.9. The summed E-state index contributed by atoms with van der Waals surface area (Å²) in [4.78, 5) is 16.6. The number of thiazole rings is 1. The molecule has 3 heterocycles. The van der Waals surface area contributed by atoms with Crippen LogP contribution in [0.2, 0.25) is 0 Å². The van der Waals surface area contributed by atoms with Crippen LogP contribution in [0.5, 0.6) is 0 Å². The van der Waals surface area contributed by atoms with Crippen molar-refractivity contribution < 1.29 is 18.0 Å². The monoisotopic (exact) mass is 507 g/mol. The molecule has 4 rings (SSSR count). The predicted octanol–water partition coefficient (Wildman–Crippen LogP) is 5.63. The van der Waals surface area contributed by atoms with Crippen molar-refractivity contribution in [2.75, 3.05) is 11.9 Å². The largest absolute Gasteiger partial charge is 0.446 e. The topological polar surface area (TPSA) is 71.3 Å². The van der Waals surface area contributed by atoms with Gasteiger partial charge in [-0.25, -0.2) is 9.50 Å².